The third-order valence-electron chi connectivity index (χ3n) is 3.20. The van der Waals surface area contributed by atoms with Gasteiger partial charge < -0.3 is 34.3 Å². The molecule has 0 aliphatic carbocycles. The molecule has 0 amide bonds. The first-order valence-electron chi connectivity index (χ1n) is 6.23. The Bertz CT molecular complexity index is 453. The lowest BCUT2D eigenvalue weighted by Crippen LogP contribution is -2.55. The first-order valence-corrected chi connectivity index (χ1v) is 8.61. The molecule has 2 saturated heterocycles. The summed E-state index contributed by atoms with van der Waals surface area (Å²) in [5, 5.41) is 29.0. The second-order valence-electron chi connectivity index (χ2n) is 5.37. The zero-order chi connectivity index (χ0) is 16.9. The third kappa shape index (κ3) is 3.52. The maximum Gasteiger partial charge on any atom is 0.367 e. The van der Waals surface area contributed by atoms with E-state index in [2.05, 4.69) is 47.8 Å². The maximum atomic E-state index is 11.4. The molecule has 22 heavy (non-hydrogen) atoms. The first kappa shape index (κ1) is 19.0. The molecule has 11 heteroatoms. The highest BCUT2D eigenvalue weighted by atomic mass is 80.0. The van der Waals surface area contributed by atoms with Gasteiger partial charge in [-0.25, -0.2) is 4.79 Å². The van der Waals surface area contributed by atoms with Crippen LogP contribution in [0.2, 0.25) is 0 Å². The summed E-state index contributed by atoms with van der Waals surface area (Å²) < 4.78 is 20.7. The fraction of sp³-hybridized carbons (Fsp3) is 0.909. The van der Waals surface area contributed by atoms with Gasteiger partial charge in [0.2, 0.25) is 0 Å². The van der Waals surface area contributed by atoms with E-state index in [1.165, 1.54) is 13.8 Å². The number of aliphatic hydroxyl groups is 2. The molecule has 0 bridgehead atoms. The number of hydrogen-bond donors (Lipinski definition) is 3. The predicted molar refractivity (Wildman–Crippen MR) is 82.8 cm³/mol. The van der Waals surface area contributed by atoms with E-state index in [1.54, 1.807) is 0 Å². The van der Waals surface area contributed by atoms with Crippen molar-refractivity contribution < 1.29 is 39.1 Å². The molecular weight excluding hydrogens is 500 g/mol. The molecule has 2 heterocycles. The van der Waals surface area contributed by atoms with Crippen LogP contribution >= 0.6 is 47.8 Å². The van der Waals surface area contributed by atoms with E-state index in [-0.39, 0.29) is 0 Å². The van der Waals surface area contributed by atoms with Crippen LogP contribution in [0.5, 0.6) is 0 Å². The molecule has 0 saturated carbocycles. The number of aliphatic carboxylic acids is 1. The van der Waals surface area contributed by atoms with Crippen LogP contribution in [0.4, 0.5) is 0 Å². The van der Waals surface area contributed by atoms with Crippen LogP contribution in [0, 0.1) is 0 Å². The lowest BCUT2D eigenvalue weighted by Gasteiger charge is -2.28. The van der Waals surface area contributed by atoms with E-state index in [4.69, 9.17) is 18.9 Å². The van der Waals surface area contributed by atoms with Crippen molar-refractivity contribution in [1.29, 1.82) is 0 Å². The Hall–Kier alpha value is 0.670. The van der Waals surface area contributed by atoms with Gasteiger partial charge in [0.05, 0.1) is 6.61 Å². The maximum absolute atomic E-state index is 11.4. The largest absolute Gasteiger partial charge is 0.477 e. The Morgan fingerprint density at radius 2 is 1.86 bits per heavy atom. The standard InChI is InChI=1S/C11H15Br3O8/c1-9(2)21-6(10(18,22-9)7(16)17)5-4(3-15)19-8(20-5)11(12,13)14/h4-6,8,15,18H,3H2,1-2H3,(H,16,17)/t4-,5-,6+,8?,10-/m1/s1. The van der Waals surface area contributed by atoms with Crippen LogP contribution in [-0.2, 0) is 23.7 Å². The Morgan fingerprint density at radius 1 is 1.27 bits per heavy atom. The topological polar surface area (TPSA) is 115 Å². The Balaban J connectivity index is 2.30. The number of alkyl halides is 3. The number of hydrogen-bond acceptors (Lipinski definition) is 7. The molecule has 0 aromatic heterocycles. The molecule has 0 radical (unpaired) electrons. The van der Waals surface area contributed by atoms with Crippen LogP contribution in [0.25, 0.3) is 0 Å². The number of carboxylic acids is 1. The summed E-state index contributed by atoms with van der Waals surface area (Å²) in [6.07, 6.45) is -4.28. The lowest BCUT2D eigenvalue weighted by molar-refractivity contribution is -0.242. The van der Waals surface area contributed by atoms with Gasteiger partial charge >= 0.3 is 5.97 Å². The zero-order valence-electron chi connectivity index (χ0n) is 11.5. The second kappa shape index (κ2) is 6.19. The molecule has 128 valence electrons. The molecule has 0 spiro atoms. The van der Waals surface area contributed by atoms with Crippen molar-refractivity contribution in [2.75, 3.05) is 6.61 Å². The van der Waals surface area contributed by atoms with Gasteiger partial charge in [0, 0.05) is 0 Å². The number of carboxylic acid groups (broad SMARTS) is 1. The Kier molecular flexibility index (Phi) is 5.35. The van der Waals surface area contributed by atoms with Crippen LogP contribution < -0.4 is 0 Å². The van der Waals surface area contributed by atoms with Crippen LogP contribution in [0.15, 0.2) is 0 Å². The Labute approximate surface area is 151 Å². The molecule has 2 rings (SSSR count). The normalized spacial score (nSPS) is 41.8. The minimum Gasteiger partial charge on any atom is -0.477 e. The molecule has 0 aromatic rings. The van der Waals surface area contributed by atoms with E-state index < -0.39 is 50.9 Å². The molecule has 8 nitrogen and oxygen atoms in total. The number of rotatable bonds is 3. The minimum absolute atomic E-state index is 0.458. The van der Waals surface area contributed by atoms with Crippen LogP contribution in [-0.4, -0.2) is 66.2 Å². The fourth-order valence-electron chi connectivity index (χ4n) is 2.36. The van der Waals surface area contributed by atoms with Crippen molar-refractivity contribution >= 4 is 53.8 Å². The van der Waals surface area contributed by atoms with Crippen molar-refractivity contribution in [3.8, 4) is 0 Å². The summed E-state index contributed by atoms with van der Waals surface area (Å²) in [5.41, 5.74) is 0. The van der Waals surface area contributed by atoms with Crippen molar-refractivity contribution in [3.05, 3.63) is 0 Å². The van der Waals surface area contributed by atoms with E-state index >= 15 is 0 Å². The van der Waals surface area contributed by atoms with Gasteiger partial charge in [-0.15, -0.1) is 0 Å². The third-order valence-corrected chi connectivity index (χ3v) is 4.32. The summed E-state index contributed by atoms with van der Waals surface area (Å²) in [4.78, 5) is 11.4. The van der Waals surface area contributed by atoms with Gasteiger partial charge in [0.25, 0.3) is 5.79 Å². The summed E-state index contributed by atoms with van der Waals surface area (Å²) >= 11 is 9.69. The van der Waals surface area contributed by atoms with Gasteiger partial charge in [0.1, 0.15) is 12.2 Å². The Morgan fingerprint density at radius 3 is 2.32 bits per heavy atom. The highest BCUT2D eigenvalue weighted by molar-refractivity contribution is 9.39. The SMILES string of the molecule is CC1(C)O[C@@H]([C@@H]2OC(C(Br)(Br)Br)O[C@@H]2CO)[C@](O)(C(=O)O)O1. The summed E-state index contributed by atoms with van der Waals surface area (Å²) in [6.45, 7) is 2.47. The van der Waals surface area contributed by atoms with Gasteiger partial charge in [-0.05, 0) is 13.8 Å². The number of ether oxygens (including phenoxy) is 4. The van der Waals surface area contributed by atoms with Crippen molar-refractivity contribution in [1.82, 2.24) is 0 Å². The van der Waals surface area contributed by atoms with Crippen molar-refractivity contribution in [3.63, 3.8) is 0 Å². The highest BCUT2D eigenvalue weighted by Gasteiger charge is 2.64. The van der Waals surface area contributed by atoms with E-state index in [9.17, 15) is 20.1 Å². The molecule has 2 fully saturated rings. The highest BCUT2D eigenvalue weighted by Crippen LogP contribution is 2.46. The molecule has 2 aliphatic heterocycles. The van der Waals surface area contributed by atoms with E-state index in [0.717, 1.165) is 0 Å². The molecule has 5 atom stereocenters. The predicted octanol–water partition coefficient (Wildman–Crippen LogP) is 0.852. The van der Waals surface area contributed by atoms with Gasteiger partial charge in [-0.3, -0.25) is 0 Å². The van der Waals surface area contributed by atoms with Gasteiger partial charge in [-0.1, -0.05) is 47.8 Å². The second-order valence-corrected chi connectivity index (χ2v) is 12.3. The smallest absolute Gasteiger partial charge is 0.367 e. The average molecular weight is 515 g/mol. The zero-order valence-corrected chi connectivity index (χ0v) is 16.3. The first-order chi connectivity index (χ1) is 9.90. The number of aliphatic hydroxyl groups excluding tert-OH is 1. The lowest BCUT2D eigenvalue weighted by atomic mass is 10.0. The number of halogens is 3. The molecular formula is C11H15Br3O8. The van der Waals surface area contributed by atoms with Crippen LogP contribution in [0.1, 0.15) is 13.8 Å². The van der Waals surface area contributed by atoms with Gasteiger partial charge in [0.15, 0.2) is 20.3 Å². The molecule has 3 N–H and O–H groups in total. The fourth-order valence-corrected chi connectivity index (χ4v) is 3.01. The van der Waals surface area contributed by atoms with Crippen LogP contribution in [0.3, 0.4) is 0 Å². The summed E-state index contributed by atoms with van der Waals surface area (Å²) in [6, 6.07) is 0. The van der Waals surface area contributed by atoms with E-state index in [0.29, 0.717) is 0 Å². The summed E-state index contributed by atoms with van der Waals surface area (Å²) in [7, 11) is 0. The van der Waals surface area contributed by atoms with Gasteiger partial charge in [-0.2, -0.15) is 0 Å². The average Bonchev–Trinajstić information content (AvgIpc) is 2.87. The monoisotopic (exact) mass is 512 g/mol. The van der Waals surface area contributed by atoms with E-state index in [1.807, 2.05) is 0 Å². The summed E-state index contributed by atoms with van der Waals surface area (Å²) in [5.74, 6) is -5.57. The molecule has 0 aromatic carbocycles. The number of carbonyl (C=O) groups is 1. The molecule has 2 aliphatic rings. The quantitative estimate of drug-likeness (QED) is 0.475. The molecule has 1 unspecified atom stereocenters. The minimum atomic E-state index is -2.62. The van der Waals surface area contributed by atoms with Crippen molar-refractivity contribution in [2.24, 2.45) is 0 Å². The van der Waals surface area contributed by atoms with Crippen molar-refractivity contribution in [2.45, 2.75) is 52.2 Å².